The SMILES string of the molecule is CC1(C)c2ccc(-c3ccc4ccccc4n3)nc2-c2nc(-c3ccc4ccccc4n3)ccc21. The lowest BCUT2D eigenvalue weighted by Gasteiger charge is -2.20. The second kappa shape index (κ2) is 7.28. The molecule has 35 heavy (non-hydrogen) atoms. The van der Waals surface area contributed by atoms with Gasteiger partial charge in [-0.1, -0.05) is 74.5 Å². The molecule has 2 aromatic carbocycles. The lowest BCUT2D eigenvalue weighted by atomic mass is 9.83. The van der Waals surface area contributed by atoms with E-state index in [4.69, 9.17) is 19.9 Å². The van der Waals surface area contributed by atoms with Gasteiger partial charge in [0.05, 0.1) is 45.2 Å². The summed E-state index contributed by atoms with van der Waals surface area (Å²) < 4.78 is 0. The van der Waals surface area contributed by atoms with Crippen LogP contribution in [0, 0.1) is 0 Å². The van der Waals surface area contributed by atoms with Crippen molar-refractivity contribution in [2.75, 3.05) is 0 Å². The number of nitrogens with zero attached hydrogens (tertiary/aromatic N) is 4. The largest absolute Gasteiger partial charge is 0.246 e. The zero-order valence-corrected chi connectivity index (χ0v) is 19.5. The van der Waals surface area contributed by atoms with Crippen LogP contribution in [-0.4, -0.2) is 19.9 Å². The monoisotopic (exact) mass is 450 g/mol. The molecule has 0 radical (unpaired) electrons. The van der Waals surface area contributed by atoms with Crippen molar-refractivity contribution in [3.05, 3.63) is 108 Å². The van der Waals surface area contributed by atoms with E-state index < -0.39 is 0 Å². The van der Waals surface area contributed by atoms with E-state index in [2.05, 4.69) is 62.4 Å². The maximum Gasteiger partial charge on any atom is 0.0938 e. The molecule has 0 aliphatic heterocycles. The molecule has 0 saturated heterocycles. The van der Waals surface area contributed by atoms with E-state index in [1.165, 1.54) is 11.1 Å². The second-order valence-corrected chi connectivity index (χ2v) is 9.59. The van der Waals surface area contributed by atoms with Gasteiger partial charge in [-0.15, -0.1) is 0 Å². The number of fused-ring (bicyclic) bond motifs is 5. The standard InChI is InChI=1S/C31H22N4/c1-31(2)21-13-17-27(25-15-11-19-7-3-5-9-23(19)32-25)34-29(21)30-22(31)14-18-28(35-30)26-16-12-20-8-4-6-10-24(20)33-26/h3-18H,1-2H3. The molecule has 4 heterocycles. The summed E-state index contributed by atoms with van der Waals surface area (Å²) in [6.07, 6.45) is 0. The third kappa shape index (κ3) is 3.07. The number of rotatable bonds is 2. The molecule has 0 spiro atoms. The van der Waals surface area contributed by atoms with Gasteiger partial charge in [-0.3, -0.25) is 0 Å². The van der Waals surface area contributed by atoms with E-state index in [0.717, 1.165) is 56.0 Å². The van der Waals surface area contributed by atoms with Gasteiger partial charge in [-0.05, 0) is 47.5 Å². The molecule has 0 fully saturated rings. The Kier molecular flexibility index (Phi) is 4.15. The highest BCUT2D eigenvalue weighted by atomic mass is 14.9. The van der Waals surface area contributed by atoms with Gasteiger partial charge < -0.3 is 0 Å². The van der Waals surface area contributed by atoms with Crippen molar-refractivity contribution in [2.24, 2.45) is 0 Å². The maximum absolute atomic E-state index is 5.11. The minimum Gasteiger partial charge on any atom is -0.246 e. The van der Waals surface area contributed by atoms with Crippen LogP contribution in [0.15, 0.2) is 97.1 Å². The van der Waals surface area contributed by atoms with Gasteiger partial charge in [0.25, 0.3) is 0 Å². The van der Waals surface area contributed by atoms with Gasteiger partial charge in [-0.2, -0.15) is 0 Å². The molecule has 0 bridgehead atoms. The summed E-state index contributed by atoms with van der Waals surface area (Å²) in [5.41, 5.74) is 9.45. The first-order chi connectivity index (χ1) is 17.1. The number of pyridine rings is 4. The summed E-state index contributed by atoms with van der Waals surface area (Å²) in [5, 5.41) is 2.25. The number of benzene rings is 2. The van der Waals surface area contributed by atoms with E-state index in [9.17, 15) is 0 Å². The molecule has 0 amide bonds. The first kappa shape index (κ1) is 20.0. The van der Waals surface area contributed by atoms with Gasteiger partial charge in [0.1, 0.15) is 0 Å². The zero-order valence-electron chi connectivity index (χ0n) is 19.5. The van der Waals surface area contributed by atoms with Gasteiger partial charge in [0.2, 0.25) is 0 Å². The molecule has 1 aliphatic carbocycles. The molecule has 166 valence electrons. The van der Waals surface area contributed by atoms with Crippen LogP contribution >= 0.6 is 0 Å². The zero-order chi connectivity index (χ0) is 23.6. The van der Waals surface area contributed by atoms with Gasteiger partial charge in [0.15, 0.2) is 0 Å². The Morgan fingerprint density at radius 1 is 0.429 bits per heavy atom. The minimum absolute atomic E-state index is 0.171. The van der Waals surface area contributed by atoms with Crippen molar-refractivity contribution >= 4 is 21.8 Å². The highest BCUT2D eigenvalue weighted by Crippen LogP contribution is 2.47. The summed E-state index contributed by atoms with van der Waals surface area (Å²) in [5.74, 6) is 0. The predicted octanol–water partition coefficient (Wildman–Crippen LogP) is 7.21. The van der Waals surface area contributed by atoms with E-state index in [1.807, 2.05) is 48.5 Å². The average molecular weight is 451 g/mol. The fourth-order valence-electron chi connectivity index (χ4n) is 5.14. The Hall–Kier alpha value is -4.44. The fraction of sp³-hybridized carbons (Fsp3) is 0.0968. The Labute approximate surface area is 203 Å². The normalized spacial score (nSPS) is 13.7. The molecular formula is C31H22N4. The molecule has 0 saturated carbocycles. The third-order valence-electron chi connectivity index (χ3n) is 7.08. The van der Waals surface area contributed by atoms with Crippen molar-refractivity contribution in [3.8, 4) is 34.2 Å². The van der Waals surface area contributed by atoms with Crippen molar-refractivity contribution in [2.45, 2.75) is 19.3 Å². The van der Waals surface area contributed by atoms with Crippen LogP contribution in [0.5, 0.6) is 0 Å². The summed E-state index contributed by atoms with van der Waals surface area (Å²) in [6, 6.07) is 33.1. The Bertz CT molecular complexity index is 1650. The number of aromatic nitrogens is 4. The lowest BCUT2D eigenvalue weighted by Crippen LogP contribution is -2.15. The summed E-state index contributed by atoms with van der Waals surface area (Å²) in [4.78, 5) is 19.9. The predicted molar refractivity (Wildman–Crippen MR) is 141 cm³/mol. The van der Waals surface area contributed by atoms with E-state index >= 15 is 0 Å². The van der Waals surface area contributed by atoms with Crippen molar-refractivity contribution < 1.29 is 0 Å². The molecule has 1 aliphatic rings. The summed E-state index contributed by atoms with van der Waals surface area (Å²) >= 11 is 0. The number of hydrogen-bond acceptors (Lipinski definition) is 4. The highest BCUT2D eigenvalue weighted by molar-refractivity contribution is 5.84. The number of hydrogen-bond donors (Lipinski definition) is 0. The van der Waals surface area contributed by atoms with Gasteiger partial charge in [0, 0.05) is 16.2 Å². The molecule has 4 nitrogen and oxygen atoms in total. The molecule has 0 atom stereocenters. The molecule has 4 heteroatoms. The van der Waals surface area contributed by atoms with Crippen molar-refractivity contribution in [1.29, 1.82) is 0 Å². The second-order valence-electron chi connectivity index (χ2n) is 9.59. The van der Waals surface area contributed by atoms with Crippen LogP contribution in [0.4, 0.5) is 0 Å². The Morgan fingerprint density at radius 2 is 0.829 bits per heavy atom. The molecule has 0 N–H and O–H groups in total. The van der Waals surface area contributed by atoms with Gasteiger partial charge in [-0.25, -0.2) is 19.9 Å². The topological polar surface area (TPSA) is 51.6 Å². The lowest BCUT2D eigenvalue weighted by molar-refractivity contribution is 0.658. The van der Waals surface area contributed by atoms with Crippen LogP contribution in [0.25, 0.3) is 56.0 Å². The molecule has 4 aromatic heterocycles. The molecule has 6 aromatic rings. The Morgan fingerprint density at radius 3 is 1.31 bits per heavy atom. The van der Waals surface area contributed by atoms with Crippen molar-refractivity contribution in [3.63, 3.8) is 0 Å². The minimum atomic E-state index is -0.171. The smallest absolute Gasteiger partial charge is 0.0938 e. The average Bonchev–Trinajstić information content (AvgIpc) is 3.13. The highest BCUT2D eigenvalue weighted by Gasteiger charge is 2.38. The summed E-state index contributed by atoms with van der Waals surface area (Å²) in [7, 11) is 0. The first-order valence-electron chi connectivity index (χ1n) is 11.8. The Balaban J connectivity index is 1.38. The molecule has 7 rings (SSSR count). The number of para-hydroxylation sites is 2. The van der Waals surface area contributed by atoms with E-state index in [0.29, 0.717) is 0 Å². The maximum atomic E-state index is 5.11. The van der Waals surface area contributed by atoms with E-state index in [-0.39, 0.29) is 5.41 Å². The molecule has 0 unspecified atom stereocenters. The quantitative estimate of drug-likeness (QED) is 0.280. The van der Waals surface area contributed by atoms with Crippen LogP contribution < -0.4 is 0 Å². The van der Waals surface area contributed by atoms with Gasteiger partial charge >= 0.3 is 0 Å². The van der Waals surface area contributed by atoms with Crippen LogP contribution in [0.3, 0.4) is 0 Å². The van der Waals surface area contributed by atoms with E-state index in [1.54, 1.807) is 0 Å². The fourth-order valence-corrected chi connectivity index (χ4v) is 5.14. The van der Waals surface area contributed by atoms with Crippen LogP contribution in [0.1, 0.15) is 25.0 Å². The molecular weight excluding hydrogens is 428 g/mol. The third-order valence-corrected chi connectivity index (χ3v) is 7.08. The first-order valence-corrected chi connectivity index (χ1v) is 11.8. The van der Waals surface area contributed by atoms with Crippen LogP contribution in [0.2, 0.25) is 0 Å². The summed E-state index contributed by atoms with van der Waals surface area (Å²) in [6.45, 7) is 4.48. The van der Waals surface area contributed by atoms with Crippen molar-refractivity contribution in [1.82, 2.24) is 19.9 Å². The van der Waals surface area contributed by atoms with Crippen LogP contribution in [-0.2, 0) is 5.41 Å².